The van der Waals surface area contributed by atoms with Gasteiger partial charge in [-0.25, -0.2) is 13.6 Å². The highest BCUT2D eigenvalue weighted by molar-refractivity contribution is 7.89. The second kappa shape index (κ2) is 5.87. The average molecular weight is 305 g/mol. The highest BCUT2D eigenvalue weighted by Crippen LogP contribution is 2.29. The Kier molecular flexibility index (Phi) is 4.34. The quantitative estimate of drug-likeness (QED) is 0.944. The zero-order valence-corrected chi connectivity index (χ0v) is 13.2. The van der Waals surface area contributed by atoms with Crippen molar-refractivity contribution in [3.8, 4) is 5.75 Å². The Morgan fingerprint density at radius 3 is 2.38 bits per heavy atom. The fourth-order valence-electron chi connectivity index (χ4n) is 2.27. The monoisotopic (exact) mass is 305 g/mol. The first-order valence-corrected chi connectivity index (χ1v) is 8.14. The molecule has 0 heterocycles. The molecule has 4 nitrogen and oxygen atoms in total. The van der Waals surface area contributed by atoms with Gasteiger partial charge in [-0.3, -0.25) is 0 Å². The van der Waals surface area contributed by atoms with Gasteiger partial charge < -0.3 is 4.74 Å². The van der Waals surface area contributed by atoms with Gasteiger partial charge in [0.2, 0.25) is 10.0 Å². The van der Waals surface area contributed by atoms with Crippen LogP contribution in [0.1, 0.15) is 22.3 Å². The molecule has 21 heavy (non-hydrogen) atoms. The van der Waals surface area contributed by atoms with Crippen molar-refractivity contribution >= 4 is 10.0 Å². The lowest BCUT2D eigenvalue weighted by Gasteiger charge is -2.14. The van der Waals surface area contributed by atoms with Gasteiger partial charge in [0.15, 0.2) is 0 Å². The Balaban J connectivity index is 2.36. The maximum Gasteiger partial charge on any atom is 0.241 e. The summed E-state index contributed by atoms with van der Waals surface area (Å²) in [6.45, 7) is 5.93. The van der Waals surface area contributed by atoms with Crippen molar-refractivity contribution in [2.45, 2.75) is 32.3 Å². The number of aryl methyl sites for hydroxylation is 3. The lowest BCUT2D eigenvalue weighted by Crippen LogP contribution is -2.15. The Morgan fingerprint density at radius 1 is 1.05 bits per heavy atom. The minimum atomic E-state index is -3.82. The SMILES string of the molecule is Cc1cccc(COc2c(C)cc(C)cc2S(N)(=O)=O)c1. The first-order chi connectivity index (χ1) is 9.77. The summed E-state index contributed by atoms with van der Waals surface area (Å²) in [6.07, 6.45) is 0. The smallest absolute Gasteiger partial charge is 0.241 e. The summed E-state index contributed by atoms with van der Waals surface area (Å²) in [5.74, 6) is 0.324. The molecule has 2 aromatic rings. The normalized spacial score (nSPS) is 11.4. The molecule has 0 amide bonds. The van der Waals surface area contributed by atoms with E-state index in [4.69, 9.17) is 9.88 Å². The number of benzene rings is 2. The second-order valence-electron chi connectivity index (χ2n) is 5.23. The lowest BCUT2D eigenvalue weighted by molar-refractivity contribution is 0.295. The molecule has 2 aromatic carbocycles. The van der Waals surface area contributed by atoms with Crippen molar-refractivity contribution in [3.05, 3.63) is 58.7 Å². The van der Waals surface area contributed by atoms with E-state index in [1.54, 1.807) is 0 Å². The van der Waals surface area contributed by atoms with Crippen LogP contribution in [0.2, 0.25) is 0 Å². The highest BCUT2D eigenvalue weighted by Gasteiger charge is 2.18. The third-order valence-electron chi connectivity index (χ3n) is 3.16. The summed E-state index contributed by atoms with van der Waals surface area (Å²) in [5.41, 5.74) is 3.70. The first kappa shape index (κ1) is 15.5. The van der Waals surface area contributed by atoms with Gasteiger partial charge in [-0.15, -0.1) is 0 Å². The molecule has 0 aliphatic carbocycles. The highest BCUT2D eigenvalue weighted by atomic mass is 32.2. The third-order valence-corrected chi connectivity index (χ3v) is 4.07. The van der Waals surface area contributed by atoms with Crippen molar-refractivity contribution in [2.24, 2.45) is 5.14 Å². The van der Waals surface area contributed by atoms with Crippen molar-refractivity contribution in [1.82, 2.24) is 0 Å². The molecule has 0 spiro atoms. The molecule has 5 heteroatoms. The van der Waals surface area contributed by atoms with Gasteiger partial charge in [0.1, 0.15) is 17.3 Å². The van der Waals surface area contributed by atoms with E-state index >= 15 is 0 Å². The fraction of sp³-hybridized carbons (Fsp3) is 0.250. The Hall–Kier alpha value is -1.85. The molecule has 0 fully saturated rings. The molecule has 0 aliphatic rings. The van der Waals surface area contributed by atoms with Crippen LogP contribution in [-0.4, -0.2) is 8.42 Å². The van der Waals surface area contributed by atoms with E-state index in [9.17, 15) is 8.42 Å². The van der Waals surface area contributed by atoms with Gasteiger partial charge in [-0.05, 0) is 43.5 Å². The molecule has 0 bridgehead atoms. The molecular formula is C16H19NO3S. The molecule has 0 saturated carbocycles. The second-order valence-corrected chi connectivity index (χ2v) is 6.76. The van der Waals surface area contributed by atoms with Crippen LogP contribution in [0.3, 0.4) is 0 Å². The first-order valence-electron chi connectivity index (χ1n) is 6.60. The number of primary sulfonamides is 1. The van der Waals surface area contributed by atoms with Crippen LogP contribution >= 0.6 is 0 Å². The van der Waals surface area contributed by atoms with Gasteiger partial charge in [-0.1, -0.05) is 35.9 Å². The minimum absolute atomic E-state index is 0.0349. The zero-order valence-electron chi connectivity index (χ0n) is 12.4. The van der Waals surface area contributed by atoms with Crippen LogP contribution in [0, 0.1) is 20.8 Å². The maximum atomic E-state index is 11.7. The largest absolute Gasteiger partial charge is 0.487 e. The molecule has 0 saturated heterocycles. The molecule has 0 unspecified atom stereocenters. The van der Waals surface area contributed by atoms with E-state index < -0.39 is 10.0 Å². The maximum absolute atomic E-state index is 11.7. The van der Waals surface area contributed by atoms with Gasteiger partial charge in [0.05, 0.1) is 0 Å². The molecule has 0 radical (unpaired) electrons. The van der Waals surface area contributed by atoms with E-state index in [1.807, 2.05) is 51.1 Å². The van der Waals surface area contributed by atoms with Crippen LogP contribution in [-0.2, 0) is 16.6 Å². The summed E-state index contributed by atoms with van der Waals surface area (Å²) in [5, 5.41) is 5.28. The van der Waals surface area contributed by atoms with Crippen LogP contribution in [0.15, 0.2) is 41.3 Å². The van der Waals surface area contributed by atoms with Gasteiger partial charge in [0, 0.05) is 0 Å². The topological polar surface area (TPSA) is 69.4 Å². The van der Waals surface area contributed by atoms with Crippen LogP contribution in [0.25, 0.3) is 0 Å². The molecular weight excluding hydrogens is 286 g/mol. The summed E-state index contributed by atoms with van der Waals surface area (Å²) in [6, 6.07) is 11.3. The number of sulfonamides is 1. The van der Waals surface area contributed by atoms with Crippen molar-refractivity contribution in [3.63, 3.8) is 0 Å². The van der Waals surface area contributed by atoms with Crippen molar-refractivity contribution in [2.75, 3.05) is 0 Å². The van der Waals surface area contributed by atoms with E-state index in [0.29, 0.717) is 12.4 Å². The number of ether oxygens (including phenoxy) is 1. The molecule has 2 N–H and O–H groups in total. The van der Waals surface area contributed by atoms with Gasteiger partial charge >= 0.3 is 0 Å². The summed E-state index contributed by atoms with van der Waals surface area (Å²) < 4.78 is 29.2. The zero-order chi connectivity index (χ0) is 15.6. The predicted molar refractivity (Wildman–Crippen MR) is 82.8 cm³/mol. The van der Waals surface area contributed by atoms with Crippen LogP contribution in [0.5, 0.6) is 5.75 Å². The van der Waals surface area contributed by atoms with Crippen LogP contribution in [0.4, 0.5) is 0 Å². The average Bonchev–Trinajstić information content (AvgIpc) is 2.36. The summed E-state index contributed by atoms with van der Waals surface area (Å²) in [4.78, 5) is 0.0349. The summed E-state index contributed by atoms with van der Waals surface area (Å²) >= 11 is 0. The molecule has 0 aromatic heterocycles. The minimum Gasteiger partial charge on any atom is -0.487 e. The molecule has 0 atom stereocenters. The summed E-state index contributed by atoms with van der Waals surface area (Å²) in [7, 11) is -3.82. The lowest BCUT2D eigenvalue weighted by atomic mass is 10.1. The van der Waals surface area contributed by atoms with E-state index in [-0.39, 0.29) is 4.90 Å². The number of hydrogen-bond donors (Lipinski definition) is 1. The number of nitrogens with two attached hydrogens (primary N) is 1. The van der Waals surface area contributed by atoms with Gasteiger partial charge in [0.25, 0.3) is 0 Å². The Morgan fingerprint density at radius 2 is 1.76 bits per heavy atom. The number of hydrogen-bond acceptors (Lipinski definition) is 3. The molecule has 112 valence electrons. The van der Waals surface area contributed by atoms with Gasteiger partial charge in [-0.2, -0.15) is 0 Å². The third kappa shape index (κ3) is 3.83. The van der Waals surface area contributed by atoms with E-state index in [2.05, 4.69) is 0 Å². The molecule has 2 rings (SSSR count). The standard InChI is InChI=1S/C16H19NO3S/c1-11-5-4-6-14(8-11)10-20-16-13(3)7-12(2)9-15(16)21(17,18)19/h4-9H,10H2,1-3H3,(H2,17,18,19). The van der Waals surface area contributed by atoms with Crippen molar-refractivity contribution < 1.29 is 13.2 Å². The Bertz CT molecular complexity index is 767. The number of rotatable bonds is 4. The Labute approximate surface area is 125 Å². The van der Waals surface area contributed by atoms with Crippen molar-refractivity contribution in [1.29, 1.82) is 0 Å². The molecule has 0 aliphatic heterocycles. The fourth-order valence-corrected chi connectivity index (χ4v) is 3.10. The van der Waals surface area contributed by atoms with E-state index in [1.165, 1.54) is 6.07 Å². The predicted octanol–water partition coefficient (Wildman–Crippen LogP) is 2.84. The van der Waals surface area contributed by atoms with Crippen LogP contribution < -0.4 is 9.88 Å². The van der Waals surface area contributed by atoms with E-state index in [0.717, 1.165) is 22.3 Å².